The number of rotatable bonds is 6. The van der Waals surface area contributed by atoms with Crippen LogP contribution in [0.5, 0.6) is 0 Å². The van der Waals surface area contributed by atoms with Crippen LogP contribution >= 0.6 is 0 Å². The molecule has 0 saturated heterocycles. The number of hydrogen-bond donors (Lipinski definition) is 0. The van der Waals surface area contributed by atoms with Gasteiger partial charge in [0.15, 0.2) is 0 Å². The maximum atomic E-state index is 6.55. The first-order chi connectivity index (χ1) is 21.7. The Balaban J connectivity index is 1.36. The highest BCUT2D eigenvalue weighted by molar-refractivity contribution is 5.82. The van der Waals surface area contributed by atoms with Crippen LogP contribution in [-0.2, 0) is 0 Å². The van der Waals surface area contributed by atoms with E-state index in [9.17, 15) is 0 Å². The predicted molar refractivity (Wildman–Crippen MR) is 182 cm³/mol. The average molecular weight is 569 g/mol. The Hall–Kier alpha value is -5.60. The monoisotopic (exact) mass is 568 g/mol. The number of hydrogen-bond acceptors (Lipinski definition) is 0. The van der Waals surface area contributed by atoms with Gasteiger partial charge in [-0.05, 0) is 73.5 Å². The van der Waals surface area contributed by atoms with Crippen molar-refractivity contribution in [3.8, 4) is 67.5 Å². The van der Waals surface area contributed by atoms with Crippen LogP contribution in [-0.4, -0.2) is 0 Å². The van der Waals surface area contributed by atoms with Crippen LogP contribution in [0.25, 0.3) is 67.5 Å². The Morgan fingerprint density at radius 3 is 0.932 bits per heavy atom. The molecule has 5 aromatic carbocycles. The Morgan fingerprint density at radius 1 is 0.318 bits per heavy atom. The fraction of sp³-hybridized carbons (Fsp3) is 0.0476. The Kier molecular flexibility index (Phi) is 7.40. The van der Waals surface area contributed by atoms with E-state index in [1.165, 1.54) is 0 Å². The maximum absolute atomic E-state index is 6.55. The van der Waals surface area contributed by atoms with Gasteiger partial charge in [0.05, 0.1) is 45.5 Å². The van der Waals surface area contributed by atoms with Crippen molar-refractivity contribution in [1.82, 2.24) is 0 Å². The van der Waals surface area contributed by atoms with Crippen molar-refractivity contribution in [1.29, 1.82) is 0 Å². The highest BCUT2D eigenvalue weighted by Gasteiger charge is 2.27. The van der Waals surface area contributed by atoms with Gasteiger partial charge >= 0.3 is 23.0 Å². The first-order valence-electron chi connectivity index (χ1n) is 14.9. The summed E-state index contributed by atoms with van der Waals surface area (Å²) >= 11 is 0. The molecule has 210 valence electrons. The molecular weight excluding hydrogens is 536 g/mol. The summed E-state index contributed by atoms with van der Waals surface area (Å²) < 4.78 is 13.1. The molecule has 2 heteroatoms. The first kappa shape index (κ1) is 27.2. The lowest BCUT2D eigenvalue weighted by molar-refractivity contribution is 0.578. The van der Waals surface area contributed by atoms with Gasteiger partial charge < -0.3 is 0 Å². The van der Waals surface area contributed by atoms with Gasteiger partial charge in [-0.1, -0.05) is 97.1 Å². The van der Waals surface area contributed by atoms with Crippen LogP contribution in [0.2, 0.25) is 0 Å². The zero-order valence-corrected chi connectivity index (χ0v) is 24.8. The highest BCUT2D eigenvalue weighted by Crippen LogP contribution is 2.40. The second-order valence-electron chi connectivity index (χ2n) is 11.0. The molecule has 7 aromatic rings. The van der Waals surface area contributed by atoms with E-state index in [0.717, 1.165) is 78.7 Å². The summed E-state index contributed by atoms with van der Waals surface area (Å²) in [5.41, 5.74) is 11.0. The highest BCUT2D eigenvalue weighted by atomic mass is 16.3. The molecule has 2 aromatic heterocycles. The van der Waals surface area contributed by atoms with Gasteiger partial charge in [0.25, 0.3) is 0 Å². The van der Waals surface area contributed by atoms with Gasteiger partial charge in [0, 0.05) is 11.1 Å². The lowest BCUT2D eigenvalue weighted by Gasteiger charge is -2.10. The molecule has 0 amide bonds. The third kappa shape index (κ3) is 5.34. The Labute approximate surface area is 258 Å². The molecule has 0 aliphatic carbocycles. The summed E-state index contributed by atoms with van der Waals surface area (Å²) in [6.07, 6.45) is 0. The van der Waals surface area contributed by atoms with Crippen LogP contribution in [0, 0.1) is 13.8 Å². The Morgan fingerprint density at radius 2 is 0.614 bits per heavy atom. The van der Waals surface area contributed by atoms with Crippen LogP contribution in [0.3, 0.4) is 0 Å². The molecule has 0 aliphatic heterocycles. The normalized spacial score (nSPS) is 11.0. The smallest absolute Gasteiger partial charge is 0.206 e. The molecule has 0 spiro atoms. The molecule has 44 heavy (non-hydrogen) atoms. The van der Waals surface area contributed by atoms with E-state index in [1.807, 2.05) is 48.5 Å². The predicted octanol–water partition coefficient (Wildman–Crippen LogP) is 12.1. The van der Waals surface area contributed by atoms with E-state index in [0.29, 0.717) is 0 Å². The molecule has 7 rings (SSSR count). The van der Waals surface area contributed by atoms with Gasteiger partial charge in [0.2, 0.25) is 0 Å². The summed E-state index contributed by atoms with van der Waals surface area (Å²) in [5.74, 6) is 3.45. The van der Waals surface area contributed by atoms with Crippen molar-refractivity contribution in [2.24, 2.45) is 0 Å². The summed E-state index contributed by atoms with van der Waals surface area (Å²) in [7, 11) is 0. The summed E-state index contributed by atoms with van der Waals surface area (Å²) in [6, 6.07) is 54.5. The van der Waals surface area contributed by atoms with Crippen molar-refractivity contribution in [3.05, 3.63) is 169 Å². The minimum atomic E-state index is 0.842. The summed E-state index contributed by atoms with van der Waals surface area (Å²) in [6.45, 7) is 4.29. The van der Waals surface area contributed by atoms with Crippen molar-refractivity contribution < 1.29 is 8.83 Å². The topological polar surface area (TPSA) is 22.6 Å². The maximum Gasteiger partial charge on any atom is 0.364 e. The lowest BCUT2D eigenvalue weighted by Crippen LogP contribution is -1.93. The van der Waals surface area contributed by atoms with Gasteiger partial charge in [-0.15, -0.1) is 0 Å². The van der Waals surface area contributed by atoms with Crippen molar-refractivity contribution in [2.45, 2.75) is 13.8 Å². The molecule has 2 nitrogen and oxygen atoms in total. The van der Waals surface area contributed by atoms with Gasteiger partial charge in [0.1, 0.15) is 0 Å². The fourth-order valence-corrected chi connectivity index (χ4v) is 5.80. The van der Waals surface area contributed by atoms with E-state index < -0.39 is 0 Å². The molecule has 0 atom stereocenters. The van der Waals surface area contributed by atoms with E-state index >= 15 is 0 Å². The third-order valence-electron chi connectivity index (χ3n) is 8.16. The fourth-order valence-electron chi connectivity index (χ4n) is 5.80. The van der Waals surface area contributed by atoms with E-state index in [4.69, 9.17) is 8.83 Å². The van der Waals surface area contributed by atoms with Crippen molar-refractivity contribution in [3.63, 3.8) is 0 Å². The van der Waals surface area contributed by atoms with Crippen molar-refractivity contribution >= 4 is 0 Å². The summed E-state index contributed by atoms with van der Waals surface area (Å²) in [4.78, 5) is 0. The molecule has 2 heterocycles. The van der Waals surface area contributed by atoms with Crippen molar-refractivity contribution in [2.75, 3.05) is 0 Å². The molecule has 0 radical (unpaired) electrons. The third-order valence-corrected chi connectivity index (χ3v) is 8.16. The molecular formula is C42H32O2+2. The zero-order valence-electron chi connectivity index (χ0n) is 24.8. The van der Waals surface area contributed by atoms with Crippen LogP contribution < -0.4 is 0 Å². The SMILES string of the molecule is Cc1c(-c2ccc(-c3cc(-c4ccccc4)[o+]c(-c4ccccc4)c3C)cc2)cc(-c2ccccc2)[o+]c1-c1ccccc1. The van der Waals surface area contributed by atoms with Crippen LogP contribution in [0.4, 0.5) is 0 Å². The standard InChI is InChI=1S/C42H32O2/c1-29-37(27-39(33-15-7-3-8-16-33)43-41(29)35-19-11-5-12-20-35)31-23-25-32(26-24-31)38-28-40(34-17-9-4-10-18-34)44-42(30(38)2)36-21-13-6-14-22-36/h3-28H,1-2H3/q+2. The number of benzene rings is 5. The van der Waals surface area contributed by atoms with E-state index in [-0.39, 0.29) is 0 Å². The molecule has 0 bridgehead atoms. The largest absolute Gasteiger partial charge is 0.364 e. The lowest BCUT2D eigenvalue weighted by atomic mass is 9.93. The average Bonchev–Trinajstić information content (AvgIpc) is 3.10. The minimum absolute atomic E-state index is 0.842. The van der Waals surface area contributed by atoms with E-state index in [1.54, 1.807) is 0 Å². The molecule has 0 unspecified atom stereocenters. The van der Waals surface area contributed by atoms with Crippen LogP contribution in [0.1, 0.15) is 11.1 Å². The van der Waals surface area contributed by atoms with Gasteiger partial charge in [-0.2, -0.15) is 0 Å². The first-order valence-corrected chi connectivity index (χ1v) is 14.9. The molecule has 0 fully saturated rings. The molecule has 0 aliphatic rings. The van der Waals surface area contributed by atoms with Gasteiger partial charge in [-0.3, -0.25) is 0 Å². The second-order valence-corrected chi connectivity index (χ2v) is 11.0. The molecule has 0 N–H and O–H groups in total. The van der Waals surface area contributed by atoms with Crippen LogP contribution in [0.15, 0.2) is 167 Å². The second kappa shape index (κ2) is 11.9. The molecule has 0 saturated carbocycles. The Bertz CT molecular complexity index is 1880. The minimum Gasteiger partial charge on any atom is -0.206 e. The van der Waals surface area contributed by atoms with Gasteiger partial charge in [-0.25, -0.2) is 8.83 Å². The van der Waals surface area contributed by atoms with E-state index in [2.05, 4.69) is 123 Å². The summed E-state index contributed by atoms with van der Waals surface area (Å²) in [5, 5.41) is 0. The zero-order chi connectivity index (χ0) is 29.9. The quantitative estimate of drug-likeness (QED) is 0.186.